The number of likely N-dealkylation sites (N-methyl/N-ethyl adjacent to an activating group) is 1. The molecule has 0 fully saturated rings. The third-order valence-electron chi connectivity index (χ3n) is 5.28. The summed E-state index contributed by atoms with van der Waals surface area (Å²) in [6, 6.07) is 7.08. The van der Waals surface area contributed by atoms with E-state index in [2.05, 4.69) is 0 Å². The monoisotopic (exact) mass is 354 g/mol. The molecule has 2 heterocycles. The van der Waals surface area contributed by atoms with Crippen molar-refractivity contribution in [3.8, 4) is 0 Å². The molecule has 3 aliphatic rings. The summed E-state index contributed by atoms with van der Waals surface area (Å²) in [7, 11) is 2.82. The third kappa shape index (κ3) is 1.80. The van der Waals surface area contributed by atoms with Crippen molar-refractivity contribution in [2.75, 3.05) is 19.1 Å². The highest BCUT2D eigenvalue weighted by atomic mass is 16.5. The number of amides is 1. The number of anilines is 1. The number of para-hydroxylation sites is 1. The minimum absolute atomic E-state index is 0.129. The number of carbonyl (C=O) groups is 3. The summed E-state index contributed by atoms with van der Waals surface area (Å²) in [6.45, 7) is 0. The summed E-state index contributed by atoms with van der Waals surface area (Å²) in [5, 5.41) is 0. The van der Waals surface area contributed by atoms with Crippen molar-refractivity contribution in [3.05, 3.63) is 52.6 Å². The largest absolute Gasteiger partial charge is 0.465 e. The molecule has 2 N–H and O–H groups in total. The zero-order valence-electron chi connectivity index (χ0n) is 14.5. The minimum Gasteiger partial charge on any atom is -0.465 e. The van der Waals surface area contributed by atoms with Crippen molar-refractivity contribution in [2.24, 2.45) is 5.73 Å². The molecule has 0 radical (unpaired) electrons. The Hall–Kier alpha value is -3.09. The molecule has 2 aliphatic heterocycles. The zero-order valence-corrected chi connectivity index (χ0v) is 14.5. The number of fused-ring (bicyclic) bond motifs is 3. The van der Waals surface area contributed by atoms with Crippen LogP contribution in [0.4, 0.5) is 5.69 Å². The van der Waals surface area contributed by atoms with Crippen molar-refractivity contribution < 1.29 is 23.9 Å². The Labute approximate surface area is 150 Å². The van der Waals surface area contributed by atoms with Gasteiger partial charge in [0.1, 0.15) is 16.7 Å². The standard InChI is InChI=1S/C19H18N2O5/c1-21-11-7-4-3-6-10(11)19(18(21)24)14-12(22)8-5-9-13(14)26-16(20)15(19)17(23)25-2/h3-4,6-7H,5,8-9,20H2,1-2H3/t19-/m0/s1. The van der Waals surface area contributed by atoms with Gasteiger partial charge in [-0.05, 0) is 12.5 Å². The van der Waals surface area contributed by atoms with E-state index in [1.807, 2.05) is 0 Å². The van der Waals surface area contributed by atoms with Gasteiger partial charge in [-0.15, -0.1) is 0 Å². The van der Waals surface area contributed by atoms with Gasteiger partial charge in [0.2, 0.25) is 11.8 Å². The third-order valence-corrected chi connectivity index (χ3v) is 5.28. The van der Waals surface area contributed by atoms with Gasteiger partial charge in [0.05, 0.1) is 12.7 Å². The van der Waals surface area contributed by atoms with Gasteiger partial charge in [-0.25, -0.2) is 4.79 Å². The van der Waals surface area contributed by atoms with Gasteiger partial charge >= 0.3 is 5.97 Å². The summed E-state index contributed by atoms with van der Waals surface area (Å²) < 4.78 is 10.5. The number of nitrogens with zero attached hydrogens (tertiary/aromatic N) is 1. The highest BCUT2D eigenvalue weighted by Gasteiger charge is 2.63. The van der Waals surface area contributed by atoms with Crippen LogP contribution in [0.1, 0.15) is 24.8 Å². The number of Topliss-reactive ketones (excluding diaryl/α,β-unsaturated/α-hetero) is 1. The number of carbonyl (C=O) groups excluding carboxylic acids is 3. The van der Waals surface area contributed by atoms with Crippen LogP contribution in [0.5, 0.6) is 0 Å². The van der Waals surface area contributed by atoms with Gasteiger partial charge in [0.15, 0.2) is 5.78 Å². The molecule has 7 nitrogen and oxygen atoms in total. The number of hydrogen-bond acceptors (Lipinski definition) is 6. The van der Waals surface area contributed by atoms with E-state index in [0.717, 1.165) is 0 Å². The molecule has 26 heavy (non-hydrogen) atoms. The molecule has 0 unspecified atom stereocenters. The van der Waals surface area contributed by atoms with Gasteiger partial charge in [-0.1, -0.05) is 18.2 Å². The first-order chi connectivity index (χ1) is 12.4. The molecule has 134 valence electrons. The van der Waals surface area contributed by atoms with Gasteiger partial charge in [0.25, 0.3) is 0 Å². The van der Waals surface area contributed by atoms with E-state index in [9.17, 15) is 14.4 Å². The van der Waals surface area contributed by atoms with Gasteiger partial charge < -0.3 is 20.1 Å². The van der Waals surface area contributed by atoms with E-state index in [1.54, 1.807) is 31.3 Å². The average Bonchev–Trinajstić information content (AvgIpc) is 2.84. The molecule has 1 aromatic rings. The molecule has 1 amide bonds. The summed E-state index contributed by atoms with van der Waals surface area (Å²) in [6.07, 6.45) is 1.38. The lowest BCUT2D eigenvalue weighted by atomic mass is 9.64. The summed E-state index contributed by atoms with van der Waals surface area (Å²) in [5.41, 5.74) is 5.70. The topological polar surface area (TPSA) is 98.9 Å². The van der Waals surface area contributed by atoms with Crippen molar-refractivity contribution in [1.82, 2.24) is 0 Å². The summed E-state index contributed by atoms with van der Waals surface area (Å²) in [5.74, 6) is -1.23. The number of rotatable bonds is 1. The number of allylic oxidation sites excluding steroid dienone is 1. The van der Waals surface area contributed by atoms with Gasteiger partial charge in [-0.3, -0.25) is 9.59 Å². The Morgan fingerprint density at radius 1 is 1.27 bits per heavy atom. The van der Waals surface area contributed by atoms with E-state index in [0.29, 0.717) is 29.9 Å². The van der Waals surface area contributed by atoms with Crippen molar-refractivity contribution in [2.45, 2.75) is 24.7 Å². The van der Waals surface area contributed by atoms with Crippen LogP contribution in [0.25, 0.3) is 0 Å². The number of esters is 1. The highest BCUT2D eigenvalue weighted by Crippen LogP contribution is 2.55. The second kappa shape index (κ2) is 5.45. The van der Waals surface area contributed by atoms with E-state index in [1.165, 1.54) is 12.0 Å². The molecular formula is C19H18N2O5. The Morgan fingerprint density at radius 3 is 2.73 bits per heavy atom. The van der Waals surface area contributed by atoms with Crippen LogP contribution in [0.2, 0.25) is 0 Å². The van der Waals surface area contributed by atoms with Crippen LogP contribution in [0, 0.1) is 0 Å². The van der Waals surface area contributed by atoms with Gasteiger partial charge in [0, 0.05) is 31.1 Å². The lowest BCUT2D eigenvalue weighted by Crippen LogP contribution is -2.50. The maximum Gasteiger partial charge on any atom is 0.340 e. The quantitative estimate of drug-likeness (QED) is 0.763. The molecule has 1 aromatic carbocycles. The fourth-order valence-corrected chi connectivity index (χ4v) is 4.23. The van der Waals surface area contributed by atoms with E-state index in [4.69, 9.17) is 15.2 Å². The lowest BCUT2D eigenvalue weighted by molar-refractivity contribution is -0.139. The van der Waals surface area contributed by atoms with Crippen molar-refractivity contribution in [3.63, 3.8) is 0 Å². The predicted molar refractivity (Wildman–Crippen MR) is 91.7 cm³/mol. The maximum absolute atomic E-state index is 13.5. The lowest BCUT2D eigenvalue weighted by Gasteiger charge is -2.38. The molecule has 1 atom stereocenters. The number of ether oxygens (including phenoxy) is 2. The second-order valence-electron chi connectivity index (χ2n) is 6.54. The summed E-state index contributed by atoms with van der Waals surface area (Å²) in [4.78, 5) is 40.5. The van der Waals surface area contributed by atoms with Crippen LogP contribution in [0.15, 0.2) is 47.1 Å². The smallest absolute Gasteiger partial charge is 0.340 e. The number of ketones is 1. The number of hydrogen-bond donors (Lipinski definition) is 1. The van der Waals surface area contributed by atoms with Crippen LogP contribution < -0.4 is 10.6 Å². The molecule has 4 rings (SSSR count). The first kappa shape index (κ1) is 16.4. The van der Waals surface area contributed by atoms with Crippen molar-refractivity contribution >= 4 is 23.3 Å². The van der Waals surface area contributed by atoms with Crippen LogP contribution in [0.3, 0.4) is 0 Å². The Balaban J connectivity index is 2.14. The fraction of sp³-hybridized carbons (Fsp3) is 0.316. The molecule has 0 saturated carbocycles. The predicted octanol–water partition coefficient (Wildman–Crippen LogP) is 1.28. The van der Waals surface area contributed by atoms with Crippen LogP contribution >= 0.6 is 0 Å². The molecule has 0 saturated heterocycles. The van der Waals surface area contributed by atoms with Crippen LogP contribution in [-0.4, -0.2) is 31.8 Å². The molecule has 1 spiro atoms. The van der Waals surface area contributed by atoms with E-state index >= 15 is 0 Å². The highest BCUT2D eigenvalue weighted by molar-refractivity contribution is 6.23. The SMILES string of the molecule is COC(=O)C1=C(N)OC2=C(C(=O)CCC2)[C@]12C(=O)N(C)c1ccccc12. The molecular weight excluding hydrogens is 336 g/mol. The number of benzene rings is 1. The molecule has 7 heteroatoms. The first-order valence-corrected chi connectivity index (χ1v) is 8.35. The Kier molecular flexibility index (Phi) is 3.44. The molecule has 0 aromatic heterocycles. The van der Waals surface area contributed by atoms with E-state index in [-0.39, 0.29) is 29.2 Å². The summed E-state index contributed by atoms with van der Waals surface area (Å²) >= 11 is 0. The minimum atomic E-state index is -1.62. The first-order valence-electron chi connectivity index (χ1n) is 8.35. The molecule has 0 bridgehead atoms. The second-order valence-corrected chi connectivity index (χ2v) is 6.54. The van der Waals surface area contributed by atoms with Gasteiger partial charge in [-0.2, -0.15) is 0 Å². The fourth-order valence-electron chi connectivity index (χ4n) is 4.23. The number of methoxy groups -OCH3 is 1. The molecule has 1 aliphatic carbocycles. The maximum atomic E-state index is 13.5. The van der Waals surface area contributed by atoms with E-state index < -0.39 is 17.3 Å². The number of nitrogens with two attached hydrogens (primary N) is 1. The zero-order chi connectivity index (χ0) is 18.6. The Bertz CT molecular complexity index is 930. The van der Waals surface area contributed by atoms with Crippen molar-refractivity contribution in [1.29, 1.82) is 0 Å². The normalized spacial score (nSPS) is 24.6. The van der Waals surface area contributed by atoms with Crippen LogP contribution in [-0.2, 0) is 29.3 Å². The average molecular weight is 354 g/mol. The Morgan fingerprint density at radius 2 is 2.00 bits per heavy atom.